The topological polar surface area (TPSA) is 48.9 Å². The van der Waals surface area contributed by atoms with E-state index in [1.165, 1.54) is 11.1 Å². The largest absolute Gasteiger partial charge is 0.497 e. The van der Waals surface area contributed by atoms with Gasteiger partial charge in [-0.15, -0.1) is 24.0 Å². The molecule has 2 N–H and O–H groups in total. The normalized spacial score (nSPS) is 15.5. The van der Waals surface area contributed by atoms with Gasteiger partial charge in [0.2, 0.25) is 0 Å². The summed E-state index contributed by atoms with van der Waals surface area (Å²) < 4.78 is 6.34. The van der Waals surface area contributed by atoms with E-state index in [9.17, 15) is 0 Å². The number of ether oxygens (including phenoxy) is 1. The molecule has 158 valence electrons. The van der Waals surface area contributed by atoms with Crippen molar-refractivity contribution >= 4 is 45.9 Å². The third-order valence-corrected chi connectivity index (χ3v) is 5.62. The predicted molar refractivity (Wildman–Crippen MR) is 134 cm³/mol. The summed E-state index contributed by atoms with van der Waals surface area (Å²) in [6, 6.07) is 17.2. The molecule has 0 atom stereocenters. The summed E-state index contributed by atoms with van der Waals surface area (Å²) in [5.41, 5.74) is 2.57. The van der Waals surface area contributed by atoms with Crippen LogP contribution in [0, 0.1) is 0 Å². The number of piperidine rings is 1. The van der Waals surface area contributed by atoms with Gasteiger partial charge >= 0.3 is 0 Å². The fraction of sp³-hybridized carbons (Fsp3) is 0.409. The monoisotopic (exact) mass is 572 g/mol. The molecule has 1 fully saturated rings. The number of aliphatic imine (C=N–C) groups is 1. The maximum absolute atomic E-state index is 5.21. The van der Waals surface area contributed by atoms with E-state index < -0.39 is 0 Å². The van der Waals surface area contributed by atoms with Gasteiger partial charge in [-0.2, -0.15) is 0 Å². The van der Waals surface area contributed by atoms with Crippen molar-refractivity contribution in [3.63, 3.8) is 0 Å². The number of rotatable bonds is 6. The number of benzene rings is 2. The molecule has 1 aliphatic heterocycles. The highest BCUT2D eigenvalue weighted by Crippen LogP contribution is 2.16. The number of methoxy groups -OCH3 is 1. The molecule has 7 heteroatoms. The van der Waals surface area contributed by atoms with Gasteiger partial charge < -0.3 is 15.4 Å². The molecule has 29 heavy (non-hydrogen) atoms. The van der Waals surface area contributed by atoms with E-state index in [4.69, 9.17) is 4.74 Å². The van der Waals surface area contributed by atoms with Crippen molar-refractivity contribution in [1.82, 2.24) is 15.5 Å². The van der Waals surface area contributed by atoms with Crippen LogP contribution in [0.1, 0.15) is 24.0 Å². The average molecular weight is 573 g/mol. The number of nitrogens with one attached hydrogen (secondary N) is 2. The van der Waals surface area contributed by atoms with E-state index in [0.29, 0.717) is 6.04 Å². The minimum absolute atomic E-state index is 0. The molecule has 5 nitrogen and oxygen atoms in total. The quantitative estimate of drug-likeness (QED) is 0.306. The van der Waals surface area contributed by atoms with Gasteiger partial charge in [0, 0.05) is 43.7 Å². The molecule has 0 amide bonds. The molecule has 1 aliphatic rings. The van der Waals surface area contributed by atoms with Crippen LogP contribution in [0.4, 0.5) is 0 Å². The molecular weight excluding hydrogens is 543 g/mol. The molecule has 0 unspecified atom stereocenters. The van der Waals surface area contributed by atoms with Crippen LogP contribution in [0.2, 0.25) is 0 Å². The molecule has 0 aliphatic carbocycles. The zero-order valence-corrected chi connectivity index (χ0v) is 20.9. The maximum atomic E-state index is 5.21. The third-order valence-electron chi connectivity index (χ3n) is 5.09. The molecule has 0 radical (unpaired) electrons. The number of nitrogens with zero attached hydrogens (tertiary/aromatic N) is 2. The Labute approximate surface area is 199 Å². The lowest BCUT2D eigenvalue weighted by molar-refractivity contribution is 0.198. The Hall–Kier alpha value is -1.32. The van der Waals surface area contributed by atoms with E-state index in [1.54, 1.807) is 7.11 Å². The second-order valence-corrected chi connectivity index (χ2v) is 8.01. The summed E-state index contributed by atoms with van der Waals surface area (Å²) in [4.78, 5) is 6.90. The van der Waals surface area contributed by atoms with E-state index in [-0.39, 0.29) is 24.0 Å². The van der Waals surface area contributed by atoms with E-state index in [1.807, 2.05) is 19.2 Å². The van der Waals surface area contributed by atoms with Crippen LogP contribution < -0.4 is 15.4 Å². The van der Waals surface area contributed by atoms with Gasteiger partial charge in [0.15, 0.2) is 5.96 Å². The van der Waals surface area contributed by atoms with Crippen molar-refractivity contribution in [3.05, 3.63) is 64.1 Å². The summed E-state index contributed by atoms with van der Waals surface area (Å²) in [6.45, 7) is 3.96. The number of guanidine groups is 1. The number of halogens is 2. The minimum atomic E-state index is 0. The number of likely N-dealkylation sites (tertiary alicyclic amines) is 1. The van der Waals surface area contributed by atoms with Crippen LogP contribution in [-0.4, -0.2) is 44.1 Å². The lowest BCUT2D eigenvalue weighted by Gasteiger charge is -2.33. The Morgan fingerprint density at radius 2 is 1.69 bits per heavy atom. The first kappa shape index (κ1) is 24.0. The highest BCUT2D eigenvalue weighted by Gasteiger charge is 2.20. The first-order chi connectivity index (χ1) is 13.7. The van der Waals surface area contributed by atoms with Crippen molar-refractivity contribution < 1.29 is 4.74 Å². The molecule has 0 spiro atoms. The van der Waals surface area contributed by atoms with Crippen LogP contribution in [-0.2, 0) is 13.1 Å². The van der Waals surface area contributed by atoms with Crippen molar-refractivity contribution in [2.24, 2.45) is 4.99 Å². The fourth-order valence-electron chi connectivity index (χ4n) is 3.40. The van der Waals surface area contributed by atoms with Gasteiger partial charge in [-0.05, 0) is 48.2 Å². The first-order valence-electron chi connectivity index (χ1n) is 9.73. The lowest BCUT2D eigenvalue weighted by Crippen LogP contribution is -2.48. The van der Waals surface area contributed by atoms with E-state index in [0.717, 1.165) is 55.2 Å². The number of hydrogen-bond donors (Lipinski definition) is 2. The zero-order chi connectivity index (χ0) is 19.8. The van der Waals surface area contributed by atoms with Crippen LogP contribution in [0.3, 0.4) is 0 Å². The highest BCUT2D eigenvalue weighted by atomic mass is 127. The fourth-order valence-corrected chi connectivity index (χ4v) is 3.66. The Balaban J connectivity index is 0.00000300. The maximum Gasteiger partial charge on any atom is 0.191 e. The minimum Gasteiger partial charge on any atom is -0.497 e. The molecule has 1 saturated heterocycles. The Bertz CT molecular complexity index is 759. The molecule has 3 rings (SSSR count). The third kappa shape index (κ3) is 7.79. The van der Waals surface area contributed by atoms with Crippen molar-refractivity contribution in [1.29, 1.82) is 0 Å². The molecule has 2 aromatic carbocycles. The lowest BCUT2D eigenvalue weighted by atomic mass is 10.0. The van der Waals surface area contributed by atoms with Gasteiger partial charge in [0.25, 0.3) is 0 Å². The molecule has 0 aromatic heterocycles. The second-order valence-electron chi connectivity index (χ2n) is 7.10. The molecular formula is C22H30BrIN4O. The summed E-state index contributed by atoms with van der Waals surface area (Å²) >= 11 is 3.50. The van der Waals surface area contributed by atoms with E-state index in [2.05, 4.69) is 72.9 Å². The Morgan fingerprint density at radius 1 is 1.07 bits per heavy atom. The van der Waals surface area contributed by atoms with Gasteiger partial charge in [-0.25, -0.2) is 0 Å². The van der Waals surface area contributed by atoms with Gasteiger partial charge in [-0.3, -0.25) is 9.89 Å². The summed E-state index contributed by atoms with van der Waals surface area (Å²) in [7, 11) is 3.51. The van der Waals surface area contributed by atoms with Crippen LogP contribution >= 0.6 is 39.9 Å². The van der Waals surface area contributed by atoms with Crippen molar-refractivity contribution in [2.75, 3.05) is 27.2 Å². The average Bonchev–Trinajstić information content (AvgIpc) is 2.74. The first-order valence-corrected chi connectivity index (χ1v) is 10.5. The van der Waals surface area contributed by atoms with Crippen LogP contribution in [0.5, 0.6) is 5.75 Å². The van der Waals surface area contributed by atoms with E-state index >= 15 is 0 Å². The standard InChI is InChI=1S/C22H29BrN4O.HI/c1-24-22(25-15-17-5-9-21(28-2)10-6-17)26-20-11-13-27(14-12-20)16-18-3-7-19(23)8-4-18;/h3-10,20H,11-16H2,1-2H3,(H2,24,25,26);1H. The number of hydrogen-bond acceptors (Lipinski definition) is 3. The summed E-state index contributed by atoms with van der Waals surface area (Å²) in [5.74, 6) is 1.74. The predicted octanol–water partition coefficient (Wildman–Crippen LogP) is 4.41. The summed E-state index contributed by atoms with van der Waals surface area (Å²) in [5, 5.41) is 6.98. The second kappa shape index (κ2) is 12.4. The molecule has 0 saturated carbocycles. The zero-order valence-electron chi connectivity index (χ0n) is 17.0. The Morgan fingerprint density at radius 3 is 2.28 bits per heavy atom. The molecule has 2 aromatic rings. The van der Waals surface area contributed by atoms with Crippen LogP contribution in [0.15, 0.2) is 58.0 Å². The molecule has 1 heterocycles. The summed E-state index contributed by atoms with van der Waals surface area (Å²) in [6.07, 6.45) is 2.25. The van der Waals surface area contributed by atoms with Crippen molar-refractivity contribution in [2.45, 2.75) is 32.0 Å². The SMILES string of the molecule is CN=C(NCc1ccc(OC)cc1)NC1CCN(Cc2ccc(Br)cc2)CC1.I. The smallest absolute Gasteiger partial charge is 0.191 e. The molecule has 0 bridgehead atoms. The Kier molecular flexibility index (Phi) is 10.2. The van der Waals surface area contributed by atoms with Crippen molar-refractivity contribution in [3.8, 4) is 5.75 Å². The van der Waals surface area contributed by atoms with Gasteiger partial charge in [-0.1, -0.05) is 40.2 Å². The van der Waals surface area contributed by atoms with Gasteiger partial charge in [0.1, 0.15) is 5.75 Å². The van der Waals surface area contributed by atoms with Gasteiger partial charge in [0.05, 0.1) is 7.11 Å². The van der Waals surface area contributed by atoms with Crippen LogP contribution in [0.25, 0.3) is 0 Å². The highest BCUT2D eigenvalue weighted by molar-refractivity contribution is 14.0.